The molecule has 0 saturated carbocycles. The van der Waals surface area contributed by atoms with Gasteiger partial charge in [0.1, 0.15) is 11.5 Å². The molecule has 1 unspecified atom stereocenters. The van der Waals surface area contributed by atoms with Gasteiger partial charge in [0.05, 0.1) is 6.61 Å². The van der Waals surface area contributed by atoms with Gasteiger partial charge in [-0.15, -0.1) is 0 Å². The zero-order chi connectivity index (χ0) is 17.4. The molecular formula is C21H29ClO2. The number of halogens is 1. The van der Waals surface area contributed by atoms with Crippen LogP contribution < -0.4 is 9.47 Å². The van der Waals surface area contributed by atoms with Crippen molar-refractivity contribution in [2.75, 3.05) is 6.61 Å². The molecule has 2 aromatic rings. The van der Waals surface area contributed by atoms with Gasteiger partial charge in [-0.05, 0) is 48.7 Å². The molecule has 3 heteroatoms. The number of fused-ring (bicyclic) bond motifs is 1. The Hall–Kier alpha value is -1.41. The van der Waals surface area contributed by atoms with Crippen molar-refractivity contribution in [3.8, 4) is 11.5 Å². The van der Waals surface area contributed by atoms with Gasteiger partial charge in [0, 0.05) is 5.56 Å². The Morgan fingerprint density at radius 2 is 1.79 bits per heavy atom. The van der Waals surface area contributed by atoms with Gasteiger partial charge in [-0.1, -0.05) is 63.3 Å². The molecule has 2 nitrogen and oxygen atoms in total. The molecule has 0 fully saturated rings. The maximum atomic E-state index is 5.98. The third-order valence-electron chi connectivity index (χ3n) is 4.22. The van der Waals surface area contributed by atoms with E-state index in [9.17, 15) is 0 Å². The number of ether oxygens (including phenoxy) is 2. The van der Waals surface area contributed by atoms with Gasteiger partial charge in [0.2, 0.25) is 0 Å². The van der Waals surface area contributed by atoms with Gasteiger partial charge in [0.25, 0.3) is 0 Å². The van der Waals surface area contributed by atoms with Crippen LogP contribution in [0.15, 0.2) is 30.3 Å². The van der Waals surface area contributed by atoms with Gasteiger partial charge < -0.3 is 9.47 Å². The van der Waals surface area contributed by atoms with E-state index in [4.69, 9.17) is 21.1 Å². The summed E-state index contributed by atoms with van der Waals surface area (Å²) in [4.78, 5) is 0. The summed E-state index contributed by atoms with van der Waals surface area (Å²) < 4.78 is 11.6. The van der Waals surface area contributed by atoms with Crippen LogP contribution in [0, 0.1) is 0 Å². The van der Waals surface area contributed by atoms with Crippen LogP contribution in [0.2, 0.25) is 0 Å². The summed E-state index contributed by atoms with van der Waals surface area (Å²) in [7, 11) is 0. The molecule has 1 atom stereocenters. The SMILES string of the molecule is CCCCCCCOc1ccc2c(CC)c(OC(C)Cl)ccc2c1. The molecule has 0 aliphatic carbocycles. The van der Waals surface area contributed by atoms with Crippen molar-refractivity contribution >= 4 is 22.4 Å². The molecular weight excluding hydrogens is 320 g/mol. The van der Waals surface area contributed by atoms with Gasteiger partial charge in [0.15, 0.2) is 5.56 Å². The molecule has 132 valence electrons. The van der Waals surface area contributed by atoms with E-state index in [1.807, 2.05) is 13.0 Å². The smallest absolute Gasteiger partial charge is 0.169 e. The van der Waals surface area contributed by atoms with E-state index in [1.54, 1.807) is 0 Å². The summed E-state index contributed by atoms with van der Waals surface area (Å²) >= 11 is 5.98. The first kappa shape index (κ1) is 18.9. The van der Waals surface area contributed by atoms with Crippen LogP contribution in [-0.4, -0.2) is 12.2 Å². The molecule has 0 aliphatic heterocycles. The van der Waals surface area contributed by atoms with Crippen molar-refractivity contribution in [1.29, 1.82) is 0 Å². The van der Waals surface area contributed by atoms with Crippen molar-refractivity contribution in [2.24, 2.45) is 0 Å². The molecule has 0 saturated heterocycles. The monoisotopic (exact) mass is 348 g/mol. The molecule has 2 rings (SSSR count). The molecule has 0 N–H and O–H groups in total. The first-order valence-corrected chi connectivity index (χ1v) is 9.58. The Morgan fingerprint density at radius 1 is 1.00 bits per heavy atom. The van der Waals surface area contributed by atoms with E-state index in [2.05, 4.69) is 38.1 Å². The highest BCUT2D eigenvalue weighted by atomic mass is 35.5. The maximum absolute atomic E-state index is 5.98. The first-order valence-electron chi connectivity index (χ1n) is 9.14. The highest BCUT2D eigenvalue weighted by Gasteiger charge is 2.10. The summed E-state index contributed by atoms with van der Waals surface area (Å²) in [5.41, 5.74) is 0.870. The van der Waals surface area contributed by atoms with Crippen molar-refractivity contribution in [2.45, 2.75) is 64.9 Å². The molecule has 0 spiro atoms. The second-order valence-electron chi connectivity index (χ2n) is 6.20. The Labute approximate surface area is 151 Å². The van der Waals surface area contributed by atoms with Crippen LogP contribution in [0.4, 0.5) is 0 Å². The number of rotatable bonds is 10. The molecule has 2 aromatic carbocycles. The highest BCUT2D eigenvalue weighted by molar-refractivity contribution is 6.19. The second kappa shape index (κ2) is 9.78. The standard InChI is InChI=1S/C21H29ClO2/c1-4-6-7-8-9-14-23-18-11-12-20-17(15-18)10-13-21(19(20)5-2)24-16(3)22/h10-13,15-16H,4-9,14H2,1-3H3. The van der Waals surface area contributed by atoms with E-state index < -0.39 is 0 Å². The Kier molecular flexibility index (Phi) is 7.71. The lowest BCUT2D eigenvalue weighted by Gasteiger charge is -2.15. The van der Waals surface area contributed by atoms with Crippen LogP contribution in [0.5, 0.6) is 11.5 Å². The minimum Gasteiger partial charge on any atom is -0.494 e. The molecule has 0 aromatic heterocycles. The van der Waals surface area contributed by atoms with Crippen molar-refractivity contribution in [3.05, 3.63) is 35.9 Å². The van der Waals surface area contributed by atoms with Crippen LogP contribution >= 0.6 is 11.6 Å². The van der Waals surface area contributed by atoms with Crippen LogP contribution in [-0.2, 0) is 6.42 Å². The molecule has 0 amide bonds. The fraction of sp³-hybridized carbons (Fsp3) is 0.524. The van der Waals surface area contributed by atoms with Crippen LogP contribution in [0.3, 0.4) is 0 Å². The normalized spacial score (nSPS) is 12.3. The summed E-state index contributed by atoms with van der Waals surface area (Å²) in [6, 6.07) is 10.4. The number of aryl methyl sites for hydroxylation is 1. The molecule has 0 radical (unpaired) electrons. The predicted molar refractivity (Wildman–Crippen MR) is 104 cm³/mol. The average molecular weight is 349 g/mol. The number of alkyl halides is 1. The second-order valence-corrected chi connectivity index (χ2v) is 6.82. The molecule has 0 bridgehead atoms. The molecule has 24 heavy (non-hydrogen) atoms. The van der Waals surface area contributed by atoms with Gasteiger partial charge >= 0.3 is 0 Å². The van der Waals surface area contributed by atoms with Crippen molar-refractivity contribution in [1.82, 2.24) is 0 Å². The topological polar surface area (TPSA) is 18.5 Å². The summed E-state index contributed by atoms with van der Waals surface area (Å²) in [5.74, 6) is 1.82. The zero-order valence-corrected chi connectivity index (χ0v) is 15.9. The number of hydrogen-bond donors (Lipinski definition) is 0. The van der Waals surface area contributed by atoms with Crippen molar-refractivity contribution < 1.29 is 9.47 Å². The summed E-state index contributed by atoms with van der Waals surface area (Å²) in [6.07, 6.45) is 7.19. The first-order chi connectivity index (χ1) is 11.7. The average Bonchev–Trinajstić information content (AvgIpc) is 2.57. The third kappa shape index (κ3) is 5.31. The highest BCUT2D eigenvalue weighted by Crippen LogP contribution is 2.32. The minimum atomic E-state index is -0.330. The van der Waals surface area contributed by atoms with Gasteiger partial charge in [-0.2, -0.15) is 0 Å². The summed E-state index contributed by atoms with van der Waals surface area (Å²) in [6.45, 7) is 7.01. The van der Waals surface area contributed by atoms with Gasteiger partial charge in [-0.3, -0.25) is 0 Å². The number of unbranched alkanes of at least 4 members (excludes halogenated alkanes) is 4. The van der Waals surface area contributed by atoms with E-state index in [1.165, 1.54) is 42.0 Å². The Bertz CT molecular complexity index is 637. The quantitative estimate of drug-likeness (QED) is 0.350. The third-order valence-corrected chi connectivity index (χ3v) is 4.31. The Balaban J connectivity index is 2.05. The lowest BCUT2D eigenvalue weighted by atomic mass is 10.0. The molecule has 0 heterocycles. The number of hydrogen-bond acceptors (Lipinski definition) is 2. The van der Waals surface area contributed by atoms with E-state index >= 15 is 0 Å². The molecule has 0 aliphatic rings. The lowest BCUT2D eigenvalue weighted by molar-refractivity contribution is 0.298. The van der Waals surface area contributed by atoms with E-state index in [0.29, 0.717) is 0 Å². The lowest BCUT2D eigenvalue weighted by Crippen LogP contribution is -2.05. The minimum absolute atomic E-state index is 0.330. The van der Waals surface area contributed by atoms with Crippen LogP contribution in [0.25, 0.3) is 10.8 Å². The summed E-state index contributed by atoms with van der Waals surface area (Å²) in [5, 5.41) is 2.40. The number of benzene rings is 2. The zero-order valence-electron chi connectivity index (χ0n) is 15.1. The predicted octanol–water partition coefficient (Wildman–Crippen LogP) is 6.72. The Morgan fingerprint density at radius 3 is 2.50 bits per heavy atom. The van der Waals surface area contributed by atoms with Gasteiger partial charge in [-0.25, -0.2) is 0 Å². The fourth-order valence-corrected chi connectivity index (χ4v) is 3.08. The van der Waals surface area contributed by atoms with Crippen molar-refractivity contribution in [3.63, 3.8) is 0 Å². The van der Waals surface area contributed by atoms with E-state index in [0.717, 1.165) is 30.9 Å². The van der Waals surface area contributed by atoms with E-state index in [-0.39, 0.29) is 5.56 Å². The van der Waals surface area contributed by atoms with Crippen LogP contribution in [0.1, 0.15) is 58.4 Å². The fourth-order valence-electron chi connectivity index (χ4n) is 2.99. The largest absolute Gasteiger partial charge is 0.494 e. The maximum Gasteiger partial charge on any atom is 0.169 e.